The maximum absolute atomic E-state index is 13.0. The minimum absolute atomic E-state index is 0.0625. The Morgan fingerprint density at radius 2 is 1.67 bits per heavy atom. The van der Waals surface area contributed by atoms with Gasteiger partial charge in [-0.1, -0.05) is 49.4 Å². The quantitative estimate of drug-likeness (QED) is 0.630. The molecule has 0 fully saturated rings. The highest BCUT2D eigenvalue weighted by atomic mass is 19.4. The molecule has 1 unspecified atom stereocenters. The average molecular weight is 379 g/mol. The zero-order chi connectivity index (χ0) is 19.9. The molecule has 0 N–H and O–H groups in total. The first kappa shape index (κ1) is 21.0. The summed E-state index contributed by atoms with van der Waals surface area (Å²) in [5.74, 6) is -0.101. The van der Waals surface area contributed by atoms with Gasteiger partial charge in [0.05, 0.1) is 6.61 Å². The molecule has 2 aromatic rings. The molecular formula is C21H24F3NO2. The van der Waals surface area contributed by atoms with Gasteiger partial charge < -0.3 is 9.64 Å². The van der Waals surface area contributed by atoms with Gasteiger partial charge in [-0.3, -0.25) is 4.79 Å². The normalized spacial score (nSPS) is 12.6. The van der Waals surface area contributed by atoms with Crippen molar-refractivity contribution in [1.29, 1.82) is 0 Å². The number of carbonyl (C=O) groups excluding carboxylic acids is 1. The molecule has 0 saturated heterocycles. The molecule has 0 heterocycles. The summed E-state index contributed by atoms with van der Waals surface area (Å²) in [5, 5.41) is 0. The Kier molecular flexibility index (Phi) is 7.42. The Labute approximate surface area is 157 Å². The van der Waals surface area contributed by atoms with E-state index in [-0.39, 0.29) is 18.6 Å². The summed E-state index contributed by atoms with van der Waals surface area (Å²) in [6.45, 7) is 3.10. The minimum Gasteiger partial charge on any atom is -0.367 e. The number of hydrogen-bond acceptors (Lipinski definition) is 2. The van der Waals surface area contributed by atoms with E-state index in [0.717, 1.165) is 12.0 Å². The summed E-state index contributed by atoms with van der Waals surface area (Å²) in [4.78, 5) is 14.8. The van der Waals surface area contributed by atoms with Crippen LogP contribution in [0.3, 0.4) is 0 Å². The molecule has 2 rings (SSSR count). The molecule has 0 aliphatic rings. The van der Waals surface area contributed by atoms with Crippen molar-refractivity contribution in [2.75, 3.05) is 6.61 Å². The first-order valence-corrected chi connectivity index (χ1v) is 8.88. The Balaban J connectivity index is 2.06. The van der Waals surface area contributed by atoms with Crippen molar-refractivity contribution in [1.82, 2.24) is 4.90 Å². The molecule has 0 radical (unpaired) electrons. The number of benzene rings is 2. The summed E-state index contributed by atoms with van der Waals surface area (Å²) in [5.41, 5.74) is 2.14. The lowest BCUT2D eigenvalue weighted by Crippen LogP contribution is -2.37. The molecule has 1 atom stereocenters. The molecular weight excluding hydrogens is 355 g/mol. The van der Waals surface area contributed by atoms with Crippen molar-refractivity contribution >= 4 is 5.91 Å². The fourth-order valence-electron chi connectivity index (χ4n) is 2.62. The summed E-state index contributed by atoms with van der Waals surface area (Å²) in [7, 11) is 0. The summed E-state index contributed by atoms with van der Waals surface area (Å²) >= 11 is 0. The number of ether oxygens (including phenoxy) is 1. The second kappa shape index (κ2) is 9.55. The lowest BCUT2D eigenvalue weighted by atomic mass is 10.1. The van der Waals surface area contributed by atoms with Crippen molar-refractivity contribution in [3.8, 4) is 0 Å². The van der Waals surface area contributed by atoms with Crippen molar-refractivity contribution in [3.63, 3.8) is 0 Å². The topological polar surface area (TPSA) is 29.5 Å². The van der Waals surface area contributed by atoms with Crippen LogP contribution in [0, 0.1) is 0 Å². The van der Waals surface area contributed by atoms with Crippen LogP contribution in [0.1, 0.15) is 41.8 Å². The van der Waals surface area contributed by atoms with Gasteiger partial charge in [-0.2, -0.15) is 13.2 Å². The molecule has 146 valence electrons. The zero-order valence-corrected chi connectivity index (χ0v) is 15.5. The molecule has 0 aromatic heterocycles. The number of hydrogen-bond donors (Lipinski definition) is 0. The third-order valence-electron chi connectivity index (χ3n) is 4.31. The van der Waals surface area contributed by atoms with Gasteiger partial charge in [-0.05, 0) is 36.6 Å². The molecule has 0 saturated carbocycles. The average Bonchev–Trinajstić information content (AvgIpc) is 2.65. The van der Waals surface area contributed by atoms with Crippen LogP contribution in [0.25, 0.3) is 0 Å². The van der Waals surface area contributed by atoms with E-state index in [1.807, 2.05) is 49.1 Å². The van der Waals surface area contributed by atoms with E-state index in [1.54, 1.807) is 24.3 Å². The number of amides is 1. The van der Waals surface area contributed by atoms with Gasteiger partial charge in [0.15, 0.2) is 0 Å². The van der Waals surface area contributed by atoms with Gasteiger partial charge in [0.25, 0.3) is 5.91 Å². The van der Waals surface area contributed by atoms with Gasteiger partial charge in [-0.15, -0.1) is 0 Å². The van der Waals surface area contributed by atoms with E-state index in [2.05, 4.69) is 4.74 Å². The van der Waals surface area contributed by atoms with Gasteiger partial charge in [-0.25, -0.2) is 0 Å². The second-order valence-electron chi connectivity index (χ2n) is 6.48. The second-order valence-corrected chi connectivity index (χ2v) is 6.48. The molecule has 1 amide bonds. The van der Waals surface area contributed by atoms with Crippen LogP contribution in [-0.4, -0.2) is 29.6 Å². The van der Waals surface area contributed by atoms with Gasteiger partial charge in [0.2, 0.25) is 0 Å². The van der Waals surface area contributed by atoms with Crippen molar-refractivity contribution in [2.45, 2.75) is 45.6 Å². The molecule has 2 aromatic carbocycles. The highest BCUT2D eigenvalue weighted by molar-refractivity contribution is 5.94. The van der Waals surface area contributed by atoms with Gasteiger partial charge in [0, 0.05) is 18.2 Å². The Hall–Kier alpha value is -2.34. The number of alkyl halides is 3. The van der Waals surface area contributed by atoms with Crippen LogP contribution in [0.4, 0.5) is 13.2 Å². The minimum atomic E-state index is -4.34. The highest BCUT2D eigenvalue weighted by Crippen LogP contribution is 2.18. The summed E-state index contributed by atoms with van der Waals surface area (Å²) in [6, 6.07) is 16.3. The maximum Gasteiger partial charge on any atom is 0.411 e. The fourth-order valence-corrected chi connectivity index (χ4v) is 2.62. The molecule has 0 aliphatic heterocycles. The number of halogens is 3. The first-order valence-electron chi connectivity index (χ1n) is 8.88. The number of carbonyl (C=O) groups is 1. The zero-order valence-electron chi connectivity index (χ0n) is 15.5. The van der Waals surface area contributed by atoms with Crippen LogP contribution < -0.4 is 0 Å². The largest absolute Gasteiger partial charge is 0.411 e. The molecule has 0 aliphatic carbocycles. The fraction of sp³-hybridized carbons (Fsp3) is 0.381. The van der Waals surface area contributed by atoms with Crippen molar-refractivity contribution < 1.29 is 22.7 Å². The monoisotopic (exact) mass is 379 g/mol. The molecule has 3 nitrogen and oxygen atoms in total. The Morgan fingerprint density at radius 1 is 1.04 bits per heavy atom. The lowest BCUT2D eigenvalue weighted by molar-refractivity contribution is -0.176. The molecule has 27 heavy (non-hydrogen) atoms. The van der Waals surface area contributed by atoms with Crippen LogP contribution in [0.5, 0.6) is 0 Å². The van der Waals surface area contributed by atoms with Crippen molar-refractivity contribution in [2.24, 2.45) is 0 Å². The first-order chi connectivity index (χ1) is 12.8. The summed E-state index contributed by atoms with van der Waals surface area (Å²) in [6.07, 6.45) is -3.52. The van der Waals surface area contributed by atoms with Crippen LogP contribution in [-0.2, 0) is 17.9 Å². The van der Waals surface area contributed by atoms with E-state index in [9.17, 15) is 18.0 Å². The van der Waals surface area contributed by atoms with Gasteiger partial charge in [0.1, 0.15) is 6.61 Å². The standard InChI is InChI=1S/C21H24F3NO2/c1-3-16(2)25(13-17-7-5-4-6-8-17)20(26)19-11-9-18(10-12-19)14-27-15-21(22,23)24/h4-12,16H,3,13-15H2,1-2H3. The van der Waals surface area contributed by atoms with Crippen LogP contribution >= 0.6 is 0 Å². The van der Waals surface area contributed by atoms with Crippen molar-refractivity contribution in [3.05, 3.63) is 71.3 Å². The molecule has 0 spiro atoms. The van der Waals surface area contributed by atoms with E-state index in [4.69, 9.17) is 0 Å². The molecule has 0 bridgehead atoms. The van der Waals surface area contributed by atoms with E-state index >= 15 is 0 Å². The van der Waals surface area contributed by atoms with E-state index in [0.29, 0.717) is 17.7 Å². The SMILES string of the molecule is CCC(C)N(Cc1ccccc1)C(=O)c1ccc(COCC(F)(F)F)cc1. The van der Waals surface area contributed by atoms with Gasteiger partial charge >= 0.3 is 6.18 Å². The summed E-state index contributed by atoms with van der Waals surface area (Å²) < 4.78 is 41.0. The Morgan fingerprint density at radius 3 is 2.22 bits per heavy atom. The Bertz CT molecular complexity index is 714. The highest BCUT2D eigenvalue weighted by Gasteiger charge is 2.27. The predicted molar refractivity (Wildman–Crippen MR) is 98.2 cm³/mol. The van der Waals surface area contributed by atoms with E-state index < -0.39 is 12.8 Å². The molecule has 6 heteroatoms. The third-order valence-corrected chi connectivity index (χ3v) is 4.31. The number of nitrogens with zero attached hydrogens (tertiary/aromatic N) is 1. The smallest absolute Gasteiger partial charge is 0.367 e. The predicted octanol–water partition coefficient (Wildman–Crippen LogP) is 5.21. The third kappa shape index (κ3) is 6.71. The lowest BCUT2D eigenvalue weighted by Gasteiger charge is -2.29. The van der Waals surface area contributed by atoms with Crippen LogP contribution in [0.15, 0.2) is 54.6 Å². The van der Waals surface area contributed by atoms with Crippen LogP contribution in [0.2, 0.25) is 0 Å². The maximum atomic E-state index is 13.0. The number of rotatable bonds is 8. The van der Waals surface area contributed by atoms with E-state index in [1.165, 1.54) is 0 Å².